The van der Waals surface area contributed by atoms with Crippen molar-refractivity contribution in [2.24, 2.45) is 0 Å². The van der Waals surface area contributed by atoms with Gasteiger partial charge in [-0.15, -0.1) is 0 Å². The molecule has 0 amide bonds. The Kier molecular flexibility index (Phi) is 16.9. The smallest absolute Gasteiger partial charge is 0.0215 e. The number of unbranched alkanes of at least 4 members (excludes halogenated alkanes) is 20. The molecule has 286 valence electrons. The van der Waals surface area contributed by atoms with Gasteiger partial charge < -0.3 is 0 Å². The Labute approximate surface area is 322 Å². The summed E-state index contributed by atoms with van der Waals surface area (Å²) < 4.78 is 0. The first-order valence-electron chi connectivity index (χ1n) is 23.1. The summed E-state index contributed by atoms with van der Waals surface area (Å²) in [6.45, 7) is 9.37. The SMILES string of the molecule is CCCCCCCCC1(CCCCCCCC)c2ccccc2-c2cc3c(cc21)-c1ccccc1C3(CCCCCCCC)CCCCCCCC. The summed E-state index contributed by atoms with van der Waals surface area (Å²) >= 11 is 0. The van der Waals surface area contributed by atoms with Gasteiger partial charge in [0, 0.05) is 10.8 Å². The van der Waals surface area contributed by atoms with Gasteiger partial charge in [-0.1, -0.05) is 230 Å². The molecule has 0 bridgehead atoms. The Balaban J connectivity index is 1.54. The molecule has 3 aromatic carbocycles. The predicted molar refractivity (Wildman–Crippen MR) is 231 cm³/mol. The monoisotopic (exact) mass is 703 g/mol. The molecule has 0 fully saturated rings. The lowest BCUT2D eigenvalue weighted by atomic mass is 9.68. The van der Waals surface area contributed by atoms with Crippen molar-refractivity contribution in [3.05, 3.63) is 82.9 Å². The maximum Gasteiger partial charge on any atom is 0.0215 e. The summed E-state index contributed by atoms with van der Waals surface area (Å²) in [6, 6.07) is 25.0. The molecule has 0 aromatic heterocycles. The lowest BCUT2D eigenvalue weighted by Crippen LogP contribution is -2.27. The van der Waals surface area contributed by atoms with Crippen LogP contribution in [0.5, 0.6) is 0 Å². The highest BCUT2D eigenvalue weighted by molar-refractivity contribution is 5.90. The zero-order valence-corrected chi connectivity index (χ0v) is 34.6. The van der Waals surface area contributed by atoms with Gasteiger partial charge in [0.2, 0.25) is 0 Å². The summed E-state index contributed by atoms with van der Waals surface area (Å²) in [7, 11) is 0. The number of hydrogen-bond donors (Lipinski definition) is 0. The molecule has 0 radical (unpaired) electrons. The normalized spacial score (nSPS) is 14.7. The van der Waals surface area contributed by atoms with Crippen LogP contribution in [0.25, 0.3) is 22.3 Å². The van der Waals surface area contributed by atoms with Crippen LogP contribution in [0.15, 0.2) is 60.7 Å². The van der Waals surface area contributed by atoms with Crippen LogP contribution in [-0.4, -0.2) is 0 Å². The molecule has 0 heterocycles. The number of hydrogen-bond acceptors (Lipinski definition) is 0. The van der Waals surface area contributed by atoms with Crippen molar-refractivity contribution in [3.8, 4) is 22.3 Å². The summed E-state index contributed by atoms with van der Waals surface area (Å²) in [5, 5.41) is 0. The molecule has 0 saturated heterocycles. The van der Waals surface area contributed by atoms with Crippen molar-refractivity contribution in [2.45, 2.75) is 218 Å². The third kappa shape index (κ3) is 9.66. The third-order valence-electron chi connectivity index (χ3n) is 13.5. The Morgan fingerprint density at radius 1 is 0.288 bits per heavy atom. The van der Waals surface area contributed by atoms with E-state index >= 15 is 0 Å². The van der Waals surface area contributed by atoms with Gasteiger partial charge in [-0.2, -0.15) is 0 Å². The maximum absolute atomic E-state index is 2.79. The van der Waals surface area contributed by atoms with Crippen LogP contribution in [0.4, 0.5) is 0 Å². The Bertz CT molecular complexity index is 1310. The highest BCUT2D eigenvalue weighted by Crippen LogP contribution is 2.60. The minimum atomic E-state index is 0.148. The van der Waals surface area contributed by atoms with E-state index in [1.54, 1.807) is 44.5 Å². The van der Waals surface area contributed by atoms with Crippen LogP contribution in [-0.2, 0) is 10.8 Å². The standard InChI is InChI=1S/C52H78/c1-5-9-13-17-21-29-37-51(38-30-22-18-14-10-6-2)47-35-27-25-33-43(47)45-42-50-46(41-49(45)51)44-34-26-28-36-48(44)52(50,39-31-23-19-15-11-7-3)40-32-24-20-16-12-8-4/h25-28,33-36,41-42H,5-24,29-32,37-40H2,1-4H3. The zero-order valence-electron chi connectivity index (χ0n) is 34.6. The van der Waals surface area contributed by atoms with Gasteiger partial charge >= 0.3 is 0 Å². The van der Waals surface area contributed by atoms with Crippen molar-refractivity contribution in [3.63, 3.8) is 0 Å². The first kappa shape index (κ1) is 40.8. The van der Waals surface area contributed by atoms with Crippen molar-refractivity contribution >= 4 is 0 Å². The minimum Gasteiger partial charge on any atom is -0.0654 e. The Morgan fingerprint density at radius 2 is 0.558 bits per heavy atom. The molecule has 2 aliphatic rings. The van der Waals surface area contributed by atoms with E-state index in [9.17, 15) is 0 Å². The van der Waals surface area contributed by atoms with Crippen molar-refractivity contribution in [1.82, 2.24) is 0 Å². The molecule has 0 N–H and O–H groups in total. The van der Waals surface area contributed by atoms with Gasteiger partial charge in [0.25, 0.3) is 0 Å². The van der Waals surface area contributed by atoms with Crippen LogP contribution in [0.1, 0.15) is 230 Å². The fraction of sp³-hybridized carbons (Fsp3) is 0.654. The first-order valence-corrected chi connectivity index (χ1v) is 23.1. The largest absolute Gasteiger partial charge is 0.0654 e. The average Bonchev–Trinajstić information content (AvgIpc) is 3.60. The van der Waals surface area contributed by atoms with Gasteiger partial charge in [-0.3, -0.25) is 0 Å². The second-order valence-corrected chi connectivity index (χ2v) is 17.3. The van der Waals surface area contributed by atoms with E-state index in [0.717, 1.165) is 0 Å². The molecule has 52 heavy (non-hydrogen) atoms. The number of benzene rings is 3. The van der Waals surface area contributed by atoms with E-state index in [0.29, 0.717) is 0 Å². The molecule has 0 unspecified atom stereocenters. The van der Waals surface area contributed by atoms with Crippen molar-refractivity contribution in [1.29, 1.82) is 0 Å². The molecule has 0 saturated carbocycles. The van der Waals surface area contributed by atoms with Gasteiger partial charge in [-0.25, -0.2) is 0 Å². The summed E-state index contributed by atoms with van der Waals surface area (Å²) in [4.78, 5) is 0. The molecule has 3 aromatic rings. The first-order chi connectivity index (χ1) is 25.7. The topological polar surface area (TPSA) is 0 Å². The minimum absolute atomic E-state index is 0.148. The Morgan fingerprint density at radius 3 is 0.865 bits per heavy atom. The van der Waals surface area contributed by atoms with Gasteiger partial charge in [0.05, 0.1) is 0 Å². The lowest BCUT2D eigenvalue weighted by Gasteiger charge is -2.35. The van der Waals surface area contributed by atoms with E-state index < -0.39 is 0 Å². The summed E-state index contributed by atoms with van der Waals surface area (Å²) in [5.41, 5.74) is 13.3. The molecule has 0 aliphatic heterocycles. The quantitative estimate of drug-likeness (QED) is 0.0661. The second kappa shape index (κ2) is 21.5. The van der Waals surface area contributed by atoms with Crippen molar-refractivity contribution in [2.75, 3.05) is 0 Å². The van der Waals surface area contributed by atoms with Crippen LogP contribution >= 0.6 is 0 Å². The Hall–Kier alpha value is -2.34. The zero-order chi connectivity index (χ0) is 36.5. The predicted octanol–water partition coefficient (Wildman–Crippen LogP) is 17.2. The molecular weight excluding hydrogens is 625 g/mol. The molecule has 5 rings (SSSR count). The molecular formula is C52H78. The lowest BCUT2D eigenvalue weighted by molar-refractivity contribution is 0.394. The summed E-state index contributed by atoms with van der Waals surface area (Å²) in [5.74, 6) is 0. The van der Waals surface area contributed by atoms with Gasteiger partial charge in [0.15, 0.2) is 0 Å². The van der Waals surface area contributed by atoms with E-state index in [4.69, 9.17) is 0 Å². The van der Waals surface area contributed by atoms with E-state index in [-0.39, 0.29) is 10.8 Å². The summed E-state index contributed by atoms with van der Waals surface area (Å²) in [6.07, 6.45) is 38.2. The van der Waals surface area contributed by atoms with E-state index in [1.807, 2.05) is 0 Å². The van der Waals surface area contributed by atoms with Crippen molar-refractivity contribution < 1.29 is 0 Å². The molecule has 0 spiro atoms. The third-order valence-corrected chi connectivity index (χ3v) is 13.5. The molecule has 0 nitrogen and oxygen atoms in total. The average molecular weight is 703 g/mol. The molecule has 0 heteroatoms. The highest BCUT2D eigenvalue weighted by Gasteiger charge is 2.47. The van der Waals surface area contributed by atoms with Gasteiger partial charge in [0.1, 0.15) is 0 Å². The fourth-order valence-corrected chi connectivity index (χ4v) is 10.6. The molecule has 2 aliphatic carbocycles. The van der Waals surface area contributed by atoms with E-state index in [2.05, 4.69) is 88.4 Å². The maximum atomic E-state index is 2.79. The van der Waals surface area contributed by atoms with Gasteiger partial charge in [-0.05, 0) is 82.3 Å². The van der Waals surface area contributed by atoms with Crippen LogP contribution in [0.2, 0.25) is 0 Å². The second-order valence-electron chi connectivity index (χ2n) is 17.3. The molecule has 0 atom stereocenters. The van der Waals surface area contributed by atoms with Crippen LogP contribution in [0, 0.1) is 0 Å². The van der Waals surface area contributed by atoms with Crippen LogP contribution < -0.4 is 0 Å². The van der Waals surface area contributed by atoms with Crippen LogP contribution in [0.3, 0.4) is 0 Å². The highest BCUT2D eigenvalue weighted by atomic mass is 14.5. The number of rotatable bonds is 28. The fourth-order valence-electron chi connectivity index (χ4n) is 10.6. The number of fused-ring (bicyclic) bond motifs is 6. The van der Waals surface area contributed by atoms with E-state index in [1.165, 1.54) is 180 Å².